The van der Waals surface area contributed by atoms with Gasteiger partial charge in [0.25, 0.3) is 0 Å². The van der Waals surface area contributed by atoms with Crippen LogP contribution >= 0.6 is 0 Å². The summed E-state index contributed by atoms with van der Waals surface area (Å²) >= 11 is 0. The lowest BCUT2D eigenvalue weighted by Gasteiger charge is -2.14. The Labute approximate surface area is 176 Å². The maximum Gasteiger partial charge on any atom is 0.150 e. The Morgan fingerprint density at radius 3 is 2.50 bits per heavy atom. The van der Waals surface area contributed by atoms with Crippen LogP contribution < -0.4 is 10.1 Å². The molecule has 0 amide bonds. The van der Waals surface area contributed by atoms with Crippen molar-refractivity contribution in [1.82, 2.24) is 14.5 Å². The fraction of sp³-hybridized carbons (Fsp3) is 0.250. The number of nitrogens with zero attached hydrogens (tertiary/aromatic N) is 3. The molecule has 154 valence electrons. The third-order valence-electron chi connectivity index (χ3n) is 4.89. The normalized spacial score (nSPS) is 12.1. The molecule has 0 aliphatic carbocycles. The van der Waals surface area contributed by atoms with E-state index in [1.165, 1.54) is 0 Å². The lowest BCUT2D eigenvalue weighted by Crippen LogP contribution is -2.21. The predicted octanol–water partition coefficient (Wildman–Crippen LogP) is 4.93. The minimum Gasteiger partial charge on any atom is -0.494 e. The molecule has 30 heavy (non-hydrogen) atoms. The Hall–Kier alpha value is -3.38. The van der Waals surface area contributed by atoms with Crippen LogP contribution in [0.1, 0.15) is 13.8 Å². The first-order chi connectivity index (χ1) is 14.7. The van der Waals surface area contributed by atoms with Crippen LogP contribution in [0.3, 0.4) is 0 Å². The molecule has 0 unspecified atom stereocenters. The number of ether oxygens (including phenoxy) is 2. The molecule has 2 aromatic heterocycles. The topological polar surface area (TPSA) is 61.2 Å². The number of hydrogen-bond donors (Lipinski definition) is 1. The standard InChI is InChI=1S/C24H26N4O2/c1-4-30-20-12-10-19(11-13-20)28-14-21(18-8-6-5-7-9-18)22-23(25-16-26-24(22)28)27-17(2)15-29-3/h5-14,16-17H,4,15H2,1-3H3,(H,25,26,27)/t17-/m0/s1. The van der Waals surface area contributed by atoms with Crippen molar-refractivity contribution >= 4 is 16.9 Å². The van der Waals surface area contributed by atoms with Gasteiger partial charge in [-0.1, -0.05) is 30.3 Å². The van der Waals surface area contributed by atoms with E-state index in [0.29, 0.717) is 13.2 Å². The summed E-state index contributed by atoms with van der Waals surface area (Å²) in [5.74, 6) is 1.65. The second kappa shape index (κ2) is 8.97. The average molecular weight is 402 g/mol. The Balaban J connectivity index is 1.87. The number of aromatic nitrogens is 3. The van der Waals surface area contributed by atoms with Gasteiger partial charge in [-0.25, -0.2) is 9.97 Å². The van der Waals surface area contributed by atoms with E-state index in [2.05, 4.69) is 45.1 Å². The number of methoxy groups -OCH3 is 1. The minimum atomic E-state index is 0.116. The van der Waals surface area contributed by atoms with Crippen molar-refractivity contribution in [3.05, 3.63) is 67.1 Å². The highest BCUT2D eigenvalue weighted by Crippen LogP contribution is 2.35. The van der Waals surface area contributed by atoms with E-state index in [9.17, 15) is 0 Å². The zero-order valence-electron chi connectivity index (χ0n) is 17.5. The lowest BCUT2D eigenvalue weighted by molar-refractivity contribution is 0.190. The Bertz CT molecular complexity index is 1110. The first-order valence-electron chi connectivity index (χ1n) is 10.1. The highest BCUT2D eigenvalue weighted by Gasteiger charge is 2.18. The van der Waals surface area contributed by atoms with Gasteiger partial charge in [0.1, 0.15) is 17.9 Å². The number of rotatable bonds is 8. The third-order valence-corrected chi connectivity index (χ3v) is 4.89. The molecule has 0 spiro atoms. The van der Waals surface area contributed by atoms with Crippen LogP contribution in [-0.4, -0.2) is 40.9 Å². The van der Waals surface area contributed by atoms with E-state index in [-0.39, 0.29) is 6.04 Å². The highest BCUT2D eigenvalue weighted by molar-refractivity contribution is 6.02. The van der Waals surface area contributed by atoms with Crippen molar-refractivity contribution in [3.8, 4) is 22.6 Å². The molecule has 4 aromatic rings. The first kappa shape index (κ1) is 19.9. The molecule has 0 aliphatic rings. The number of anilines is 1. The van der Waals surface area contributed by atoms with E-state index < -0.39 is 0 Å². The molecule has 1 atom stereocenters. The lowest BCUT2D eigenvalue weighted by atomic mass is 10.1. The quantitative estimate of drug-likeness (QED) is 0.453. The van der Waals surface area contributed by atoms with Gasteiger partial charge in [-0.2, -0.15) is 0 Å². The molecule has 6 heteroatoms. The Kier molecular flexibility index (Phi) is 5.95. The Morgan fingerprint density at radius 2 is 1.80 bits per heavy atom. The van der Waals surface area contributed by atoms with Crippen LogP contribution in [0.15, 0.2) is 67.1 Å². The molecule has 1 N–H and O–H groups in total. The number of hydrogen-bond acceptors (Lipinski definition) is 5. The summed E-state index contributed by atoms with van der Waals surface area (Å²) in [6, 6.07) is 18.5. The van der Waals surface area contributed by atoms with Gasteiger partial charge in [-0.3, -0.25) is 0 Å². The molecule has 0 bridgehead atoms. The first-order valence-corrected chi connectivity index (χ1v) is 10.1. The van der Waals surface area contributed by atoms with Crippen molar-refractivity contribution in [2.45, 2.75) is 19.9 Å². The summed E-state index contributed by atoms with van der Waals surface area (Å²) in [6.07, 6.45) is 3.72. The second-order valence-corrected chi connectivity index (χ2v) is 7.13. The SMILES string of the molecule is CCOc1ccc(-n2cc(-c3ccccc3)c3c(N[C@@H](C)COC)ncnc32)cc1. The van der Waals surface area contributed by atoms with Crippen LogP contribution in [0.2, 0.25) is 0 Å². The van der Waals surface area contributed by atoms with E-state index >= 15 is 0 Å². The highest BCUT2D eigenvalue weighted by atomic mass is 16.5. The molecule has 0 saturated heterocycles. The maximum atomic E-state index is 5.59. The van der Waals surface area contributed by atoms with Gasteiger partial charge >= 0.3 is 0 Å². The summed E-state index contributed by atoms with van der Waals surface area (Å²) < 4.78 is 13.0. The Morgan fingerprint density at radius 1 is 1.03 bits per heavy atom. The van der Waals surface area contributed by atoms with Crippen LogP contribution in [0.4, 0.5) is 5.82 Å². The molecular weight excluding hydrogens is 376 g/mol. The number of fused-ring (bicyclic) bond motifs is 1. The molecule has 0 fully saturated rings. The smallest absolute Gasteiger partial charge is 0.150 e. The average Bonchev–Trinajstić information content (AvgIpc) is 3.16. The van der Waals surface area contributed by atoms with Gasteiger partial charge in [0.2, 0.25) is 0 Å². The van der Waals surface area contributed by atoms with Gasteiger partial charge in [-0.05, 0) is 43.7 Å². The molecule has 2 heterocycles. The molecule has 0 aliphatic heterocycles. The molecule has 6 nitrogen and oxygen atoms in total. The largest absolute Gasteiger partial charge is 0.494 e. The second-order valence-electron chi connectivity index (χ2n) is 7.13. The van der Waals surface area contributed by atoms with Gasteiger partial charge in [-0.15, -0.1) is 0 Å². The van der Waals surface area contributed by atoms with E-state index in [1.54, 1.807) is 13.4 Å². The summed E-state index contributed by atoms with van der Waals surface area (Å²) in [6.45, 7) is 5.29. The maximum absolute atomic E-state index is 5.59. The summed E-state index contributed by atoms with van der Waals surface area (Å²) in [5, 5.41) is 4.46. The molecule has 0 radical (unpaired) electrons. The monoisotopic (exact) mass is 402 g/mol. The molecule has 2 aromatic carbocycles. The minimum absolute atomic E-state index is 0.116. The van der Waals surface area contributed by atoms with Crippen LogP contribution in [-0.2, 0) is 4.74 Å². The molecule has 0 saturated carbocycles. The summed E-state index contributed by atoms with van der Waals surface area (Å²) in [5.41, 5.74) is 4.05. The van der Waals surface area contributed by atoms with Crippen LogP contribution in [0, 0.1) is 0 Å². The van der Waals surface area contributed by atoms with E-state index in [4.69, 9.17) is 9.47 Å². The summed E-state index contributed by atoms with van der Waals surface area (Å²) in [7, 11) is 1.70. The van der Waals surface area contributed by atoms with Crippen molar-refractivity contribution in [3.63, 3.8) is 0 Å². The van der Waals surface area contributed by atoms with Crippen molar-refractivity contribution in [2.24, 2.45) is 0 Å². The zero-order valence-corrected chi connectivity index (χ0v) is 17.5. The van der Waals surface area contributed by atoms with Gasteiger partial charge in [0.05, 0.1) is 18.6 Å². The van der Waals surface area contributed by atoms with Gasteiger partial charge in [0.15, 0.2) is 5.65 Å². The number of benzene rings is 2. The predicted molar refractivity (Wildman–Crippen MR) is 120 cm³/mol. The van der Waals surface area contributed by atoms with Crippen LogP contribution in [0.5, 0.6) is 5.75 Å². The summed E-state index contributed by atoms with van der Waals surface area (Å²) in [4.78, 5) is 9.18. The van der Waals surface area contributed by atoms with Gasteiger partial charge < -0.3 is 19.4 Å². The number of nitrogens with one attached hydrogen (secondary N) is 1. The van der Waals surface area contributed by atoms with Crippen molar-refractivity contribution < 1.29 is 9.47 Å². The third kappa shape index (κ3) is 4.00. The fourth-order valence-electron chi connectivity index (χ4n) is 3.60. The van der Waals surface area contributed by atoms with Gasteiger partial charge in [0, 0.05) is 30.6 Å². The zero-order chi connectivity index (χ0) is 20.9. The van der Waals surface area contributed by atoms with Crippen molar-refractivity contribution in [2.75, 3.05) is 25.6 Å². The molecular formula is C24H26N4O2. The van der Waals surface area contributed by atoms with Crippen molar-refractivity contribution in [1.29, 1.82) is 0 Å². The van der Waals surface area contributed by atoms with E-state index in [1.807, 2.05) is 49.4 Å². The molecule has 4 rings (SSSR count). The van der Waals surface area contributed by atoms with Crippen LogP contribution in [0.25, 0.3) is 27.8 Å². The van der Waals surface area contributed by atoms with E-state index in [0.717, 1.165) is 39.4 Å². The fourth-order valence-corrected chi connectivity index (χ4v) is 3.60.